The Hall–Kier alpha value is -2.04. The molecule has 0 aliphatic carbocycles. The van der Waals surface area contributed by atoms with E-state index >= 15 is 0 Å². The number of hydrogen-bond donors (Lipinski definition) is 2. The Labute approximate surface area is 139 Å². The Morgan fingerprint density at radius 3 is 2.78 bits per heavy atom. The lowest BCUT2D eigenvalue weighted by Gasteiger charge is -2.23. The number of likely N-dealkylation sites (tertiary alicyclic amines) is 1. The molecule has 1 aromatic carbocycles. The van der Waals surface area contributed by atoms with Gasteiger partial charge in [0.05, 0.1) is 6.54 Å². The van der Waals surface area contributed by atoms with E-state index in [1.165, 1.54) is 5.56 Å². The number of nitrogens with one attached hydrogen (secondary N) is 2. The van der Waals surface area contributed by atoms with Crippen molar-refractivity contribution in [3.8, 4) is 0 Å². The predicted octanol–water partition coefficient (Wildman–Crippen LogP) is 2.49. The van der Waals surface area contributed by atoms with E-state index in [1.54, 1.807) is 7.05 Å². The topological polar surface area (TPSA) is 56.7 Å². The third-order valence-corrected chi connectivity index (χ3v) is 4.21. The minimum atomic E-state index is -0.0575. The van der Waals surface area contributed by atoms with Gasteiger partial charge in [0.1, 0.15) is 0 Å². The van der Waals surface area contributed by atoms with Crippen LogP contribution >= 0.6 is 0 Å². The van der Waals surface area contributed by atoms with Crippen molar-refractivity contribution in [2.24, 2.45) is 10.4 Å². The first-order valence-electron chi connectivity index (χ1n) is 8.28. The van der Waals surface area contributed by atoms with Gasteiger partial charge in [-0.1, -0.05) is 32.9 Å². The zero-order valence-electron chi connectivity index (χ0n) is 14.6. The highest BCUT2D eigenvalue weighted by Gasteiger charge is 2.30. The highest BCUT2D eigenvalue weighted by Crippen LogP contribution is 2.28. The Balaban J connectivity index is 1.85. The van der Waals surface area contributed by atoms with Crippen molar-refractivity contribution in [2.45, 2.75) is 33.6 Å². The average Bonchev–Trinajstić information content (AvgIpc) is 2.88. The number of rotatable bonds is 4. The highest BCUT2D eigenvalue weighted by atomic mass is 16.1. The second-order valence-electron chi connectivity index (χ2n) is 6.84. The van der Waals surface area contributed by atoms with Crippen molar-refractivity contribution >= 4 is 17.6 Å². The van der Waals surface area contributed by atoms with Gasteiger partial charge in [-0.05, 0) is 36.0 Å². The summed E-state index contributed by atoms with van der Waals surface area (Å²) in [5, 5.41) is 6.09. The molecule has 0 bridgehead atoms. The summed E-state index contributed by atoms with van der Waals surface area (Å²) >= 11 is 0. The van der Waals surface area contributed by atoms with Crippen LogP contribution in [0.25, 0.3) is 0 Å². The second-order valence-corrected chi connectivity index (χ2v) is 6.84. The van der Waals surface area contributed by atoms with Crippen LogP contribution in [0.3, 0.4) is 0 Å². The monoisotopic (exact) mass is 316 g/mol. The SMILES string of the molecule is CCc1cccc(NC(=O)CNC(=NC)N2CCC(C)(C)C2)c1. The van der Waals surface area contributed by atoms with Crippen LogP contribution in [0.15, 0.2) is 29.3 Å². The van der Waals surface area contributed by atoms with Crippen LogP contribution in [0.5, 0.6) is 0 Å². The van der Waals surface area contributed by atoms with E-state index < -0.39 is 0 Å². The minimum Gasteiger partial charge on any atom is -0.347 e. The van der Waals surface area contributed by atoms with Gasteiger partial charge in [-0.15, -0.1) is 0 Å². The predicted molar refractivity (Wildman–Crippen MR) is 95.8 cm³/mol. The van der Waals surface area contributed by atoms with E-state index in [-0.39, 0.29) is 12.5 Å². The van der Waals surface area contributed by atoms with Crippen LogP contribution in [0.2, 0.25) is 0 Å². The number of carbonyl (C=O) groups excluding carboxylic acids is 1. The van der Waals surface area contributed by atoms with E-state index in [9.17, 15) is 4.79 Å². The molecule has 0 spiro atoms. The maximum Gasteiger partial charge on any atom is 0.243 e. The first kappa shape index (κ1) is 17.3. The number of aliphatic imine (C=N–C) groups is 1. The van der Waals surface area contributed by atoms with E-state index in [1.807, 2.05) is 18.2 Å². The smallest absolute Gasteiger partial charge is 0.243 e. The van der Waals surface area contributed by atoms with Crippen LogP contribution in [0.1, 0.15) is 32.8 Å². The number of nitrogens with zero attached hydrogens (tertiary/aromatic N) is 2. The van der Waals surface area contributed by atoms with E-state index in [0.29, 0.717) is 5.41 Å². The molecular weight excluding hydrogens is 288 g/mol. The van der Waals surface area contributed by atoms with Crippen LogP contribution in [-0.2, 0) is 11.2 Å². The molecule has 126 valence electrons. The molecule has 1 aliphatic rings. The van der Waals surface area contributed by atoms with Crippen molar-refractivity contribution < 1.29 is 4.79 Å². The van der Waals surface area contributed by atoms with E-state index in [2.05, 4.69) is 47.4 Å². The van der Waals surface area contributed by atoms with Crippen LogP contribution in [0.4, 0.5) is 5.69 Å². The highest BCUT2D eigenvalue weighted by molar-refractivity contribution is 5.95. The molecule has 1 heterocycles. The molecule has 1 saturated heterocycles. The Morgan fingerprint density at radius 1 is 1.39 bits per heavy atom. The molecule has 1 fully saturated rings. The van der Waals surface area contributed by atoms with Gasteiger partial charge in [0, 0.05) is 25.8 Å². The standard InChI is InChI=1S/C18H28N4O/c1-5-14-7-6-8-15(11-14)21-16(23)12-20-17(19-4)22-10-9-18(2,3)13-22/h6-8,11H,5,9-10,12-13H2,1-4H3,(H,19,20)(H,21,23). The van der Waals surface area contributed by atoms with Crippen molar-refractivity contribution in [2.75, 3.05) is 32.0 Å². The van der Waals surface area contributed by atoms with Crippen molar-refractivity contribution in [1.29, 1.82) is 0 Å². The van der Waals surface area contributed by atoms with Crippen LogP contribution < -0.4 is 10.6 Å². The summed E-state index contributed by atoms with van der Waals surface area (Å²) in [6.07, 6.45) is 2.10. The number of aryl methyl sites for hydroxylation is 1. The van der Waals surface area contributed by atoms with Crippen LogP contribution in [-0.4, -0.2) is 43.4 Å². The number of anilines is 1. The summed E-state index contributed by atoms with van der Waals surface area (Å²) in [6.45, 7) is 8.78. The molecule has 1 aliphatic heterocycles. The molecule has 2 N–H and O–H groups in total. The fraction of sp³-hybridized carbons (Fsp3) is 0.556. The Bertz CT molecular complexity index is 580. The van der Waals surface area contributed by atoms with Crippen molar-refractivity contribution in [1.82, 2.24) is 10.2 Å². The summed E-state index contributed by atoms with van der Waals surface area (Å²) in [4.78, 5) is 18.6. The fourth-order valence-electron chi connectivity index (χ4n) is 2.86. The summed E-state index contributed by atoms with van der Waals surface area (Å²) < 4.78 is 0. The number of guanidine groups is 1. The summed E-state index contributed by atoms with van der Waals surface area (Å²) in [5.74, 6) is 0.742. The maximum atomic E-state index is 12.1. The zero-order chi connectivity index (χ0) is 16.9. The van der Waals surface area contributed by atoms with Gasteiger partial charge < -0.3 is 15.5 Å². The number of hydrogen-bond acceptors (Lipinski definition) is 2. The first-order valence-corrected chi connectivity index (χ1v) is 8.28. The van der Waals surface area contributed by atoms with Gasteiger partial charge >= 0.3 is 0 Å². The molecule has 0 unspecified atom stereocenters. The molecule has 1 aromatic rings. The number of amides is 1. The molecular formula is C18H28N4O. The number of carbonyl (C=O) groups is 1. The minimum absolute atomic E-state index is 0.0575. The maximum absolute atomic E-state index is 12.1. The van der Waals surface area contributed by atoms with Gasteiger partial charge in [0.2, 0.25) is 5.91 Å². The quantitative estimate of drug-likeness (QED) is 0.663. The molecule has 23 heavy (non-hydrogen) atoms. The number of benzene rings is 1. The third kappa shape index (κ3) is 4.98. The van der Waals surface area contributed by atoms with E-state index in [0.717, 1.165) is 37.6 Å². The Morgan fingerprint density at radius 2 is 2.17 bits per heavy atom. The van der Waals surface area contributed by atoms with E-state index in [4.69, 9.17) is 0 Å². The second kappa shape index (κ2) is 7.49. The molecule has 5 heteroatoms. The molecule has 5 nitrogen and oxygen atoms in total. The van der Waals surface area contributed by atoms with Crippen LogP contribution in [0, 0.1) is 5.41 Å². The lowest BCUT2D eigenvalue weighted by Crippen LogP contribution is -2.43. The van der Waals surface area contributed by atoms with Crippen molar-refractivity contribution in [3.05, 3.63) is 29.8 Å². The van der Waals surface area contributed by atoms with Gasteiger partial charge in [-0.3, -0.25) is 9.79 Å². The molecule has 0 saturated carbocycles. The normalized spacial score (nSPS) is 17.2. The molecule has 1 amide bonds. The van der Waals surface area contributed by atoms with Gasteiger partial charge in [0.25, 0.3) is 0 Å². The lowest BCUT2D eigenvalue weighted by molar-refractivity contribution is -0.115. The zero-order valence-corrected chi connectivity index (χ0v) is 14.6. The fourth-order valence-corrected chi connectivity index (χ4v) is 2.86. The Kier molecular flexibility index (Phi) is 5.64. The summed E-state index contributed by atoms with van der Waals surface area (Å²) in [6, 6.07) is 7.95. The molecule has 0 radical (unpaired) electrons. The lowest BCUT2D eigenvalue weighted by atomic mass is 9.93. The van der Waals surface area contributed by atoms with Gasteiger partial charge in [-0.2, -0.15) is 0 Å². The molecule has 0 atom stereocenters. The van der Waals surface area contributed by atoms with Gasteiger partial charge in [-0.25, -0.2) is 0 Å². The third-order valence-electron chi connectivity index (χ3n) is 4.21. The average molecular weight is 316 g/mol. The first-order chi connectivity index (χ1) is 10.9. The van der Waals surface area contributed by atoms with Crippen molar-refractivity contribution in [3.63, 3.8) is 0 Å². The summed E-state index contributed by atoms with van der Waals surface area (Å²) in [5.41, 5.74) is 2.36. The largest absolute Gasteiger partial charge is 0.347 e. The summed E-state index contributed by atoms with van der Waals surface area (Å²) in [7, 11) is 1.76. The molecule has 0 aromatic heterocycles. The molecule has 2 rings (SSSR count). The van der Waals surface area contributed by atoms with Gasteiger partial charge in [0.15, 0.2) is 5.96 Å².